The van der Waals surface area contributed by atoms with Crippen molar-refractivity contribution in [2.45, 2.75) is 25.8 Å². The van der Waals surface area contributed by atoms with E-state index in [0.717, 1.165) is 10.4 Å². The summed E-state index contributed by atoms with van der Waals surface area (Å²) < 4.78 is 13.4. The van der Waals surface area contributed by atoms with Gasteiger partial charge >= 0.3 is 0 Å². The van der Waals surface area contributed by atoms with Gasteiger partial charge in [-0.15, -0.1) is 0 Å². The first kappa shape index (κ1) is 18.3. The van der Waals surface area contributed by atoms with Crippen LogP contribution in [0.1, 0.15) is 31.1 Å². The molecule has 0 spiro atoms. The standard InChI is InChI=1S/C23H23FOSi/c1-23(2,3)26(20-10-6-4-7-11-20,21-12-8-5-9-13-21)22(25)18-14-16-19(24)17-15-18/h4-17H,1-3H3. The molecule has 1 nitrogen and oxygen atoms in total. The van der Waals surface area contributed by atoms with Crippen molar-refractivity contribution in [3.05, 3.63) is 96.3 Å². The zero-order valence-electron chi connectivity index (χ0n) is 15.4. The van der Waals surface area contributed by atoms with Crippen molar-refractivity contribution >= 4 is 23.9 Å². The van der Waals surface area contributed by atoms with Gasteiger partial charge in [-0.3, -0.25) is 4.79 Å². The lowest BCUT2D eigenvalue weighted by atomic mass is 10.2. The molecule has 0 unspecified atom stereocenters. The normalized spacial score (nSPS) is 12.0. The smallest absolute Gasteiger partial charge is 0.205 e. The highest BCUT2D eigenvalue weighted by Gasteiger charge is 2.54. The molecule has 3 heteroatoms. The molecular formula is C23H23FOSi. The highest BCUT2D eigenvalue weighted by molar-refractivity contribution is 7.25. The number of halogens is 1. The van der Waals surface area contributed by atoms with E-state index in [1.165, 1.54) is 12.1 Å². The lowest BCUT2D eigenvalue weighted by Gasteiger charge is -2.42. The van der Waals surface area contributed by atoms with Crippen LogP contribution in [0.4, 0.5) is 4.39 Å². The second-order valence-corrected chi connectivity index (χ2v) is 12.2. The van der Waals surface area contributed by atoms with Crippen LogP contribution in [0.2, 0.25) is 5.04 Å². The largest absolute Gasteiger partial charge is 0.299 e. The van der Waals surface area contributed by atoms with Crippen molar-refractivity contribution in [3.8, 4) is 0 Å². The maximum atomic E-state index is 14.0. The van der Waals surface area contributed by atoms with Crippen LogP contribution >= 0.6 is 0 Å². The second-order valence-electron chi connectivity index (χ2n) is 7.57. The first-order valence-electron chi connectivity index (χ1n) is 8.79. The molecule has 0 saturated carbocycles. The number of rotatable bonds is 4. The molecule has 3 rings (SSSR count). The zero-order chi connectivity index (χ0) is 18.8. The van der Waals surface area contributed by atoms with Crippen molar-refractivity contribution in [1.29, 1.82) is 0 Å². The fraction of sp³-hybridized carbons (Fsp3) is 0.174. The monoisotopic (exact) mass is 362 g/mol. The molecule has 26 heavy (non-hydrogen) atoms. The minimum absolute atomic E-state index is 0.113. The highest BCUT2D eigenvalue weighted by Crippen LogP contribution is 2.38. The van der Waals surface area contributed by atoms with Crippen LogP contribution in [-0.2, 0) is 0 Å². The highest BCUT2D eigenvalue weighted by atomic mass is 28.3. The molecule has 3 aromatic rings. The van der Waals surface area contributed by atoms with E-state index >= 15 is 0 Å². The summed E-state index contributed by atoms with van der Waals surface area (Å²) in [4.78, 5) is 14.0. The molecule has 0 fully saturated rings. The van der Waals surface area contributed by atoms with E-state index < -0.39 is 8.07 Å². The predicted molar refractivity (Wildman–Crippen MR) is 108 cm³/mol. The number of benzene rings is 3. The Kier molecular flexibility index (Phi) is 4.92. The number of carbonyl (C=O) groups is 1. The van der Waals surface area contributed by atoms with Gasteiger partial charge in [-0.2, -0.15) is 0 Å². The molecule has 132 valence electrons. The van der Waals surface area contributed by atoms with E-state index in [9.17, 15) is 9.18 Å². The van der Waals surface area contributed by atoms with Gasteiger partial charge in [0.1, 0.15) is 5.82 Å². The Morgan fingerprint density at radius 1 is 0.731 bits per heavy atom. The molecule has 0 N–H and O–H groups in total. The third kappa shape index (κ3) is 3.03. The van der Waals surface area contributed by atoms with Crippen molar-refractivity contribution in [2.24, 2.45) is 0 Å². The van der Waals surface area contributed by atoms with Gasteiger partial charge in [0.05, 0.1) is 0 Å². The fourth-order valence-corrected chi connectivity index (χ4v) is 9.09. The topological polar surface area (TPSA) is 17.1 Å². The molecule has 0 aliphatic rings. The van der Waals surface area contributed by atoms with Crippen LogP contribution in [0.25, 0.3) is 0 Å². The van der Waals surface area contributed by atoms with E-state index in [4.69, 9.17) is 0 Å². The molecule has 0 amide bonds. The van der Waals surface area contributed by atoms with E-state index in [1.54, 1.807) is 12.1 Å². The van der Waals surface area contributed by atoms with E-state index in [2.05, 4.69) is 45.0 Å². The predicted octanol–water partition coefficient (Wildman–Crippen LogP) is 4.61. The van der Waals surface area contributed by atoms with Gasteiger partial charge in [0, 0.05) is 5.56 Å². The minimum Gasteiger partial charge on any atom is -0.299 e. The van der Waals surface area contributed by atoms with Crippen molar-refractivity contribution in [3.63, 3.8) is 0 Å². The Hall–Kier alpha value is -2.52. The Labute approximate surface area is 155 Å². The summed E-state index contributed by atoms with van der Waals surface area (Å²) in [6.45, 7) is 6.42. The Balaban J connectivity index is 2.34. The molecule has 0 bridgehead atoms. The Morgan fingerprint density at radius 2 is 1.15 bits per heavy atom. The average molecular weight is 363 g/mol. The van der Waals surface area contributed by atoms with Gasteiger partial charge in [-0.25, -0.2) is 4.39 Å². The van der Waals surface area contributed by atoms with E-state index in [1.807, 2.05) is 36.4 Å². The lowest BCUT2D eigenvalue weighted by molar-refractivity contribution is 0.106. The van der Waals surface area contributed by atoms with Gasteiger partial charge in [-0.1, -0.05) is 81.4 Å². The van der Waals surface area contributed by atoms with Crippen LogP contribution in [0.15, 0.2) is 84.9 Å². The molecule has 0 radical (unpaired) electrons. The number of carbonyl (C=O) groups excluding carboxylic acids is 1. The molecule has 0 atom stereocenters. The SMILES string of the molecule is CC(C)(C)[Si](C(=O)c1ccc(F)cc1)(c1ccccc1)c1ccccc1. The van der Waals surface area contributed by atoms with Crippen LogP contribution in [0.5, 0.6) is 0 Å². The third-order valence-electron chi connectivity index (χ3n) is 4.99. The van der Waals surface area contributed by atoms with Gasteiger partial charge < -0.3 is 0 Å². The third-order valence-corrected chi connectivity index (χ3v) is 10.6. The Morgan fingerprint density at radius 3 is 1.54 bits per heavy atom. The van der Waals surface area contributed by atoms with Gasteiger partial charge in [0.2, 0.25) is 8.07 Å². The summed E-state index contributed by atoms with van der Waals surface area (Å²) in [5, 5.41) is 2.00. The second kappa shape index (κ2) is 7.00. The van der Waals surface area contributed by atoms with Gasteiger partial charge in [0.15, 0.2) is 5.41 Å². The molecular weight excluding hydrogens is 339 g/mol. The lowest BCUT2D eigenvalue weighted by Crippen LogP contribution is -2.70. The van der Waals surface area contributed by atoms with Crippen LogP contribution in [0, 0.1) is 5.82 Å². The van der Waals surface area contributed by atoms with Crippen molar-refractivity contribution < 1.29 is 9.18 Å². The van der Waals surface area contributed by atoms with Crippen molar-refractivity contribution in [1.82, 2.24) is 0 Å². The number of hydrogen-bond acceptors (Lipinski definition) is 1. The number of hydrogen-bond donors (Lipinski definition) is 0. The Bertz CT molecular complexity index is 842. The van der Waals surface area contributed by atoms with E-state index in [0.29, 0.717) is 5.56 Å². The maximum Gasteiger partial charge on any atom is 0.205 e. The molecule has 0 saturated heterocycles. The minimum atomic E-state index is -2.87. The summed E-state index contributed by atoms with van der Waals surface area (Å²) in [5.41, 5.74) is 0.570. The van der Waals surface area contributed by atoms with Crippen molar-refractivity contribution in [2.75, 3.05) is 0 Å². The summed E-state index contributed by atoms with van der Waals surface area (Å²) in [5.74, 6) is -0.330. The molecule has 0 aliphatic carbocycles. The quantitative estimate of drug-likeness (QED) is 0.620. The summed E-state index contributed by atoms with van der Waals surface area (Å²) in [7, 11) is -2.87. The molecule has 0 aromatic heterocycles. The summed E-state index contributed by atoms with van der Waals surface area (Å²) >= 11 is 0. The fourth-order valence-electron chi connectivity index (χ4n) is 3.83. The molecule has 0 heterocycles. The summed E-state index contributed by atoms with van der Waals surface area (Å²) in [6.07, 6.45) is 0. The zero-order valence-corrected chi connectivity index (χ0v) is 16.4. The first-order valence-corrected chi connectivity index (χ1v) is 10.8. The van der Waals surface area contributed by atoms with Gasteiger partial charge in [0.25, 0.3) is 0 Å². The average Bonchev–Trinajstić information content (AvgIpc) is 2.63. The van der Waals surface area contributed by atoms with Crippen LogP contribution < -0.4 is 10.4 Å². The van der Waals surface area contributed by atoms with Crippen LogP contribution in [-0.4, -0.2) is 13.5 Å². The molecule has 3 aromatic carbocycles. The summed E-state index contributed by atoms with van der Waals surface area (Å²) in [6, 6.07) is 26.1. The molecule has 0 aliphatic heterocycles. The van der Waals surface area contributed by atoms with E-state index in [-0.39, 0.29) is 16.3 Å². The maximum absolute atomic E-state index is 14.0. The first-order chi connectivity index (χ1) is 12.4. The van der Waals surface area contributed by atoms with Gasteiger partial charge in [-0.05, 0) is 39.7 Å². The van der Waals surface area contributed by atoms with Crippen LogP contribution in [0.3, 0.4) is 0 Å².